The largest absolute Gasteiger partial charge is 0.472 e. The maximum Gasteiger partial charge on any atom is 0.190 e. The van der Waals surface area contributed by atoms with Crippen LogP contribution in [-0.2, 0) is 5.60 Å². The lowest BCUT2D eigenvalue weighted by Gasteiger charge is -2.35. The van der Waals surface area contributed by atoms with Gasteiger partial charge in [0.1, 0.15) is 11.6 Å². The zero-order chi connectivity index (χ0) is 20.1. The Kier molecular flexibility index (Phi) is 3.80. The predicted molar refractivity (Wildman–Crippen MR) is 123 cm³/mol. The van der Waals surface area contributed by atoms with Crippen molar-refractivity contribution in [3.8, 4) is 5.75 Å². The van der Waals surface area contributed by atoms with Crippen molar-refractivity contribution >= 4 is 39.0 Å². The fourth-order valence-electron chi connectivity index (χ4n) is 4.33. The normalized spacial score (nSPS) is 17.8. The first kappa shape index (κ1) is 17.4. The summed E-state index contributed by atoms with van der Waals surface area (Å²) in [7, 11) is 0. The van der Waals surface area contributed by atoms with E-state index < -0.39 is 5.60 Å². The molecule has 1 unspecified atom stereocenters. The van der Waals surface area contributed by atoms with Gasteiger partial charge < -0.3 is 4.74 Å². The van der Waals surface area contributed by atoms with Gasteiger partial charge in [0, 0.05) is 11.1 Å². The van der Waals surface area contributed by atoms with E-state index in [0.29, 0.717) is 4.88 Å². The van der Waals surface area contributed by atoms with Crippen LogP contribution in [0.2, 0.25) is 0 Å². The van der Waals surface area contributed by atoms with E-state index in [0.717, 1.165) is 38.4 Å². The molecule has 5 aromatic rings. The van der Waals surface area contributed by atoms with Crippen molar-refractivity contribution < 1.29 is 9.13 Å². The third-order valence-electron chi connectivity index (χ3n) is 5.82. The zero-order valence-corrected chi connectivity index (χ0v) is 16.8. The minimum Gasteiger partial charge on any atom is -0.472 e. The lowest BCUT2D eigenvalue weighted by Crippen LogP contribution is -2.34. The third kappa shape index (κ3) is 2.52. The highest BCUT2D eigenvalue weighted by Gasteiger charge is 2.40. The van der Waals surface area contributed by atoms with Crippen molar-refractivity contribution in [3.63, 3.8) is 0 Å². The molecule has 0 spiro atoms. The first-order valence-corrected chi connectivity index (χ1v) is 10.8. The maximum atomic E-state index is 14.9. The number of halogens is 1. The zero-order valence-electron chi connectivity index (χ0n) is 16.0. The van der Waals surface area contributed by atoms with Gasteiger partial charge in [0.25, 0.3) is 0 Å². The number of fused-ring (bicyclic) bond motifs is 4. The van der Waals surface area contributed by atoms with E-state index in [9.17, 15) is 4.39 Å². The van der Waals surface area contributed by atoms with Gasteiger partial charge in [-0.25, -0.2) is 4.39 Å². The SMILES string of the molecule is Fc1ccsc1C1(c2ccc3ccccc3c2)C=Cc2c(ccc3ccccc23)O1. The fraction of sp³-hybridized carbons (Fsp3) is 0.0370. The van der Waals surface area contributed by atoms with E-state index in [1.54, 1.807) is 5.38 Å². The van der Waals surface area contributed by atoms with Crippen LogP contribution in [0.4, 0.5) is 4.39 Å². The molecule has 3 heteroatoms. The molecule has 0 fully saturated rings. The van der Waals surface area contributed by atoms with Crippen LogP contribution < -0.4 is 4.74 Å². The van der Waals surface area contributed by atoms with Gasteiger partial charge in [-0.2, -0.15) is 0 Å². The molecule has 0 aliphatic carbocycles. The number of hydrogen-bond donors (Lipinski definition) is 0. The van der Waals surface area contributed by atoms with Crippen LogP contribution in [0.3, 0.4) is 0 Å². The molecule has 6 rings (SSSR count). The minimum absolute atomic E-state index is 0.248. The Morgan fingerprint density at radius 2 is 1.53 bits per heavy atom. The van der Waals surface area contributed by atoms with Crippen LogP contribution in [0.5, 0.6) is 5.75 Å². The van der Waals surface area contributed by atoms with Gasteiger partial charge in [-0.1, -0.05) is 66.7 Å². The quantitative estimate of drug-likeness (QED) is 0.293. The van der Waals surface area contributed by atoms with E-state index >= 15 is 0 Å². The molecule has 0 bridgehead atoms. The van der Waals surface area contributed by atoms with Crippen molar-refractivity contribution in [2.45, 2.75) is 5.60 Å². The molecule has 1 aliphatic heterocycles. The molecule has 30 heavy (non-hydrogen) atoms. The lowest BCUT2D eigenvalue weighted by atomic mass is 9.86. The molecule has 1 aromatic heterocycles. The summed E-state index contributed by atoms with van der Waals surface area (Å²) in [5.74, 6) is 0.513. The number of rotatable bonds is 2. The van der Waals surface area contributed by atoms with Crippen LogP contribution in [0.15, 0.2) is 96.4 Å². The highest BCUT2D eigenvalue weighted by molar-refractivity contribution is 7.10. The third-order valence-corrected chi connectivity index (χ3v) is 6.83. The Morgan fingerprint density at radius 3 is 2.37 bits per heavy atom. The van der Waals surface area contributed by atoms with Crippen molar-refractivity contribution in [1.82, 2.24) is 0 Å². The summed E-state index contributed by atoms with van der Waals surface area (Å²) in [6.45, 7) is 0. The van der Waals surface area contributed by atoms with Crippen molar-refractivity contribution in [2.75, 3.05) is 0 Å². The Balaban J connectivity index is 1.61. The smallest absolute Gasteiger partial charge is 0.190 e. The van der Waals surface area contributed by atoms with E-state index in [1.807, 2.05) is 42.5 Å². The van der Waals surface area contributed by atoms with Gasteiger partial charge in [-0.05, 0) is 57.3 Å². The summed E-state index contributed by atoms with van der Waals surface area (Å²) >= 11 is 1.38. The average Bonchev–Trinajstić information content (AvgIpc) is 3.24. The van der Waals surface area contributed by atoms with Crippen molar-refractivity contribution in [2.24, 2.45) is 0 Å². The minimum atomic E-state index is -1.00. The summed E-state index contributed by atoms with van der Waals surface area (Å²) in [6.07, 6.45) is 4.08. The molecule has 1 atom stereocenters. The van der Waals surface area contributed by atoms with Gasteiger partial charge in [0.05, 0.1) is 4.88 Å². The first-order valence-electron chi connectivity index (χ1n) is 9.87. The molecular weight excluding hydrogens is 391 g/mol. The maximum absolute atomic E-state index is 14.9. The van der Waals surface area contributed by atoms with E-state index in [2.05, 4.69) is 48.5 Å². The van der Waals surface area contributed by atoms with Crippen LogP contribution in [0, 0.1) is 5.82 Å². The first-order chi connectivity index (χ1) is 14.7. The number of hydrogen-bond acceptors (Lipinski definition) is 2. The second kappa shape index (κ2) is 6.54. The lowest BCUT2D eigenvalue weighted by molar-refractivity contribution is 0.161. The molecule has 2 heterocycles. The molecule has 4 aromatic carbocycles. The van der Waals surface area contributed by atoms with E-state index in [-0.39, 0.29) is 5.82 Å². The summed E-state index contributed by atoms with van der Waals surface area (Å²) < 4.78 is 21.6. The standard InChI is InChI=1S/C27H17FOS/c28-24-14-16-30-26(24)27(21-11-9-18-5-1-2-7-20(18)17-21)15-13-23-22-8-4-3-6-19(22)10-12-25(23)29-27/h1-17H. The summed E-state index contributed by atoms with van der Waals surface area (Å²) in [6, 6.07) is 28.2. The molecular formula is C27H17FOS. The molecule has 1 nitrogen and oxygen atoms in total. The van der Waals surface area contributed by atoms with Crippen molar-refractivity contribution in [1.29, 1.82) is 0 Å². The highest BCUT2D eigenvalue weighted by atomic mass is 32.1. The molecule has 0 saturated carbocycles. The molecule has 0 amide bonds. The van der Waals surface area contributed by atoms with Gasteiger partial charge in [-0.3, -0.25) is 0 Å². The van der Waals surface area contributed by atoms with E-state index in [4.69, 9.17) is 4.74 Å². The van der Waals surface area contributed by atoms with E-state index in [1.165, 1.54) is 17.4 Å². The van der Waals surface area contributed by atoms with Gasteiger partial charge >= 0.3 is 0 Å². The van der Waals surface area contributed by atoms with Gasteiger partial charge in [-0.15, -0.1) is 11.3 Å². The Bertz CT molecular complexity index is 1450. The van der Waals surface area contributed by atoms with Crippen LogP contribution in [-0.4, -0.2) is 0 Å². The Morgan fingerprint density at radius 1 is 0.767 bits per heavy atom. The Labute approximate surface area is 177 Å². The predicted octanol–water partition coefficient (Wildman–Crippen LogP) is 7.54. The topological polar surface area (TPSA) is 9.23 Å². The molecule has 0 saturated heterocycles. The number of ether oxygens (including phenoxy) is 1. The molecule has 144 valence electrons. The summed E-state index contributed by atoms with van der Waals surface area (Å²) in [4.78, 5) is 0.563. The average molecular weight is 408 g/mol. The number of thiophene rings is 1. The molecule has 1 aliphatic rings. The monoisotopic (exact) mass is 408 g/mol. The Hall–Kier alpha value is -3.43. The molecule has 0 N–H and O–H groups in total. The molecule has 0 radical (unpaired) electrons. The number of benzene rings is 4. The van der Waals surface area contributed by atoms with Crippen molar-refractivity contribution in [3.05, 3.63) is 118 Å². The highest BCUT2D eigenvalue weighted by Crippen LogP contribution is 2.46. The van der Waals surface area contributed by atoms with Crippen LogP contribution >= 0.6 is 11.3 Å². The summed E-state index contributed by atoms with van der Waals surface area (Å²) in [5, 5.41) is 6.32. The van der Waals surface area contributed by atoms with Crippen LogP contribution in [0.25, 0.3) is 27.6 Å². The van der Waals surface area contributed by atoms with Crippen LogP contribution in [0.1, 0.15) is 16.0 Å². The van der Waals surface area contributed by atoms with Gasteiger partial charge in [0.2, 0.25) is 0 Å². The second-order valence-corrected chi connectivity index (χ2v) is 8.45. The second-order valence-electron chi connectivity index (χ2n) is 7.53. The fourth-order valence-corrected chi connectivity index (χ4v) is 5.24. The van der Waals surface area contributed by atoms with Gasteiger partial charge in [0.15, 0.2) is 5.60 Å². The summed E-state index contributed by atoms with van der Waals surface area (Å²) in [5.41, 5.74) is 0.941.